The number of hydrogen-bond donors (Lipinski definition) is 1. The molecule has 1 N–H and O–H groups in total. The summed E-state index contributed by atoms with van der Waals surface area (Å²) in [6.45, 7) is 3.22. The van der Waals surface area contributed by atoms with Crippen LogP contribution in [0.2, 0.25) is 0 Å². The quantitative estimate of drug-likeness (QED) is 0.588. The first-order valence-corrected chi connectivity index (χ1v) is 8.81. The first kappa shape index (κ1) is 12.9. The topological polar surface area (TPSA) is 37.8 Å². The molecule has 0 radical (unpaired) electrons. The number of nitrogens with one attached hydrogen (secondary N) is 1. The molecule has 2 saturated carbocycles. The monoisotopic (exact) mass is 283 g/mol. The summed E-state index contributed by atoms with van der Waals surface area (Å²) in [5, 5.41) is 3.77. The molecule has 100 valence electrons. The molecule has 1 heterocycles. The van der Waals surface area contributed by atoms with Crippen molar-refractivity contribution in [1.29, 1.82) is 0 Å². The van der Waals surface area contributed by atoms with Gasteiger partial charge >= 0.3 is 0 Å². The average Bonchev–Trinajstić information content (AvgIpc) is 3.29. The molecule has 5 heteroatoms. The van der Waals surface area contributed by atoms with Gasteiger partial charge in [0.2, 0.25) is 0 Å². The van der Waals surface area contributed by atoms with E-state index in [9.17, 15) is 0 Å². The minimum atomic E-state index is 0.825. The summed E-state index contributed by atoms with van der Waals surface area (Å²) in [4.78, 5) is 4.48. The van der Waals surface area contributed by atoms with Gasteiger partial charge in [-0.15, -0.1) is 0 Å². The standard InChI is InChI=1S/C13H21N3S2/c1-2-11-15-13(18-16-11)17-8-7-14-12(9-3-4-9)10-5-6-10/h9-10,12,14H,2-8H2,1H3. The molecular formula is C13H21N3S2. The van der Waals surface area contributed by atoms with Crippen LogP contribution in [0.5, 0.6) is 0 Å². The Morgan fingerprint density at radius 3 is 2.61 bits per heavy atom. The van der Waals surface area contributed by atoms with E-state index < -0.39 is 0 Å². The first-order chi connectivity index (χ1) is 8.86. The lowest BCUT2D eigenvalue weighted by molar-refractivity contribution is 0.429. The summed E-state index contributed by atoms with van der Waals surface area (Å²) in [7, 11) is 0. The highest BCUT2D eigenvalue weighted by molar-refractivity contribution is 8.00. The summed E-state index contributed by atoms with van der Waals surface area (Å²) in [5.41, 5.74) is 0. The van der Waals surface area contributed by atoms with Gasteiger partial charge in [0.1, 0.15) is 5.82 Å². The van der Waals surface area contributed by atoms with Gasteiger partial charge in [-0.25, -0.2) is 4.98 Å². The molecule has 0 amide bonds. The van der Waals surface area contributed by atoms with Gasteiger partial charge in [-0.05, 0) is 49.1 Å². The molecule has 0 aliphatic heterocycles. The Hall–Kier alpha value is -0.130. The van der Waals surface area contributed by atoms with E-state index in [1.807, 2.05) is 11.8 Å². The minimum Gasteiger partial charge on any atom is -0.313 e. The van der Waals surface area contributed by atoms with Crippen LogP contribution in [0.4, 0.5) is 0 Å². The molecule has 0 aromatic carbocycles. The van der Waals surface area contributed by atoms with E-state index in [0.29, 0.717) is 0 Å². The fraction of sp³-hybridized carbons (Fsp3) is 0.846. The highest BCUT2D eigenvalue weighted by Crippen LogP contribution is 2.44. The van der Waals surface area contributed by atoms with E-state index in [1.165, 1.54) is 25.7 Å². The third-order valence-electron chi connectivity index (χ3n) is 3.73. The number of aromatic nitrogens is 2. The molecule has 0 saturated heterocycles. The first-order valence-electron chi connectivity index (χ1n) is 7.05. The van der Waals surface area contributed by atoms with Crippen molar-refractivity contribution < 1.29 is 0 Å². The Balaban J connectivity index is 1.36. The second-order valence-corrected chi connectivity index (χ2v) is 7.43. The van der Waals surface area contributed by atoms with E-state index >= 15 is 0 Å². The molecule has 1 aromatic rings. The molecule has 0 spiro atoms. The summed E-state index contributed by atoms with van der Waals surface area (Å²) in [6.07, 6.45) is 6.77. The van der Waals surface area contributed by atoms with Gasteiger partial charge in [-0.1, -0.05) is 18.7 Å². The van der Waals surface area contributed by atoms with E-state index in [0.717, 1.165) is 46.8 Å². The zero-order valence-corrected chi connectivity index (χ0v) is 12.5. The lowest BCUT2D eigenvalue weighted by Gasteiger charge is -2.16. The third-order valence-corrected chi connectivity index (χ3v) is 5.61. The van der Waals surface area contributed by atoms with Crippen molar-refractivity contribution in [3.63, 3.8) is 0 Å². The van der Waals surface area contributed by atoms with E-state index in [4.69, 9.17) is 0 Å². The fourth-order valence-corrected chi connectivity index (χ4v) is 4.07. The van der Waals surface area contributed by atoms with Crippen LogP contribution in [-0.2, 0) is 6.42 Å². The number of hydrogen-bond acceptors (Lipinski definition) is 5. The van der Waals surface area contributed by atoms with Crippen molar-refractivity contribution in [2.24, 2.45) is 11.8 Å². The molecule has 1 aromatic heterocycles. The van der Waals surface area contributed by atoms with Gasteiger partial charge < -0.3 is 5.32 Å². The molecule has 0 atom stereocenters. The number of rotatable bonds is 8. The molecule has 18 heavy (non-hydrogen) atoms. The number of thioether (sulfide) groups is 1. The third kappa shape index (κ3) is 3.45. The van der Waals surface area contributed by atoms with E-state index in [-0.39, 0.29) is 0 Å². The summed E-state index contributed by atoms with van der Waals surface area (Å²) in [5.74, 6) is 4.10. The second kappa shape index (κ2) is 5.88. The maximum Gasteiger partial charge on any atom is 0.170 e. The Bertz CT molecular complexity index is 373. The largest absolute Gasteiger partial charge is 0.313 e. The summed E-state index contributed by atoms with van der Waals surface area (Å²) >= 11 is 3.39. The maximum absolute atomic E-state index is 4.48. The van der Waals surface area contributed by atoms with Crippen LogP contribution in [-0.4, -0.2) is 27.7 Å². The molecule has 3 nitrogen and oxygen atoms in total. The lowest BCUT2D eigenvalue weighted by atomic mass is 10.1. The minimum absolute atomic E-state index is 0.825. The van der Waals surface area contributed by atoms with Gasteiger partial charge in [0.15, 0.2) is 4.34 Å². The van der Waals surface area contributed by atoms with Crippen molar-refractivity contribution in [2.75, 3.05) is 12.3 Å². The smallest absolute Gasteiger partial charge is 0.170 e. The average molecular weight is 283 g/mol. The van der Waals surface area contributed by atoms with Crippen LogP contribution in [0, 0.1) is 11.8 Å². The Morgan fingerprint density at radius 1 is 1.33 bits per heavy atom. The van der Waals surface area contributed by atoms with Gasteiger partial charge in [0.25, 0.3) is 0 Å². The predicted molar refractivity (Wildman–Crippen MR) is 77.2 cm³/mol. The molecule has 0 unspecified atom stereocenters. The molecule has 2 aliphatic carbocycles. The molecule has 0 bridgehead atoms. The zero-order valence-electron chi connectivity index (χ0n) is 10.9. The van der Waals surface area contributed by atoms with Crippen molar-refractivity contribution in [3.8, 4) is 0 Å². The number of aryl methyl sites for hydroxylation is 1. The van der Waals surface area contributed by atoms with Crippen molar-refractivity contribution in [2.45, 2.75) is 49.4 Å². The SMILES string of the molecule is CCc1nsc(SCCNC(C2CC2)C2CC2)n1. The van der Waals surface area contributed by atoms with Crippen molar-refractivity contribution in [3.05, 3.63) is 5.82 Å². The van der Waals surface area contributed by atoms with Crippen molar-refractivity contribution >= 4 is 23.3 Å². The lowest BCUT2D eigenvalue weighted by Crippen LogP contribution is -2.34. The Morgan fingerprint density at radius 2 is 2.06 bits per heavy atom. The fourth-order valence-electron chi connectivity index (χ4n) is 2.43. The highest BCUT2D eigenvalue weighted by Gasteiger charge is 2.40. The van der Waals surface area contributed by atoms with Crippen LogP contribution < -0.4 is 5.32 Å². The molecule has 2 aliphatic rings. The van der Waals surface area contributed by atoms with Crippen molar-refractivity contribution in [1.82, 2.24) is 14.7 Å². The van der Waals surface area contributed by atoms with Gasteiger partial charge in [0, 0.05) is 24.8 Å². The zero-order chi connectivity index (χ0) is 12.4. The predicted octanol–water partition coefficient (Wildman–Crippen LogP) is 2.97. The van der Waals surface area contributed by atoms with Crippen LogP contribution in [0.25, 0.3) is 0 Å². The van der Waals surface area contributed by atoms with Gasteiger partial charge in [-0.2, -0.15) is 4.37 Å². The molecule has 3 rings (SSSR count). The maximum atomic E-state index is 4.48. The Kier molecular flexibility index (Phi) is 4.21. The number of nitrogens with zero attached hydrogens (tertiary/aromatic N) is 2. The van der Waals surface area contributed by atoms with Gasteiger partial charge in [0.05, 0.1) is 0 Å². The van der Waals surface area contributed by atoms with Crippen LogP contribution >= 0.6 is 23.3 Å². The Labute approximate surface area is 117 Å². The van der Waals surface area contributed by atoms with Crippen LogP contribution in [0.3, 0.4) is 0 Å². The van der Waals surface area contributed by atoms with Crippen LogP contribution in [0.15, 0.2) is 4.34 Å². The van der Waals surface area contributed by atoms with Crippen LogP contribution in [0.1, 0.15) is 38.4 Å². The normalized spacial score (nSPS) is 19.7. The van der Waals surface area contributed by atoms with E-state index in [1.54, 1.807) is 11.5 Å². The van der Waals surface area contributed by atoms with E-state index in [2.05, 4.69) is 21.6 Å². The molecule has 2 fully saturated rings. The second-order valence-electron chi connectivity index (χ2n) is 5.33. The van der Waals surface area contributed by atoms with Gasteiger partial charge in [-0.3, -0.25) is 0 Å². The highest BCUT2D eigenvalue weighted by atomic mass is 32.2. The summed E-state index contributed by atoms with van der Waals surface area (Å²) < 4.78 is 5.44. The summed E-state index contributed by atoms with van der Waals surface area (Å²) in [6, 6.07) is 0.825. The molecular weight excluding hydrogens is 262 g/mol.